The molecule has 702 valence electrons. The van der Waals surface area contributed by atoms with Gasteiger partial charge in [-0.1, -0.05) is 412 Å². The molecule has 0 radical (unpaired) electrons. The molecule has 6 nitrogen and oxygen atoms in total. The highest BCUT2D eigenvalue weighted by atomic mass is 15.2. The molecule has 23 aromatic rings. The van der Waals surface area contributed by atoms with Gasteiger partial charge in [0, 0.05) is 27.8 Å². The van der Waals surface area contributed by atoms with Crippen molar-refractivity contribution in [3.8, 4) is 218 Å². The molecule has 3 aliphatic rings. The van der Waals surface area contributed by atoms with Crippen LogP contribution in [-0.2, 0) is 21.1 Å². The summed E-state index contributed by atoms with van der Waals surface area (Å²) in [5.41, 5.74) is 57.5. The highest BCUT2D eigenvalue weighted by Gasteiger charge is 2.38. The fraction of sp³-hybridized carbons (Fsp3) is 0.107. The first-order valence-electron chi connectivity index (χ1n) is 51.5. The van der Waals surface area contributed by atoms with Gasteiger partial charge in [-0.2, -0.15) is 13.7 Å². The van der Waals surface area contributed by atoms with Gasteiger partial charge in [0.15, 0.2) is 22.1 Å². The standard InChI is InChI=1S/C53H39N2.C45H41N2.C42H35N2/c1-36-32-50-45-28-16-14-26-43(45)41-24-12-13-25-42(41)44-27-15-17-29-46(44)51(50)35-47(36)53-54(2)30-31-55(53)52-48(38-20-8-4-9-21-38)33-40(37-18-6-3-7-19-37)34-49(52)39-22-10-5-11-23-39;1-28(2)31-22-15-23-32(29(3)4)44(31)47-43-25-14-13-24-42(43)46(6)45(47)39-27-41-38-21-12-10-19-36(38)34-17-8-7-16-33(34)35-18-9-11-20-37(35)40(41)26-30(39)5;1-27(2)29-15-11-12-22-39(29)44-41-24-14-13-23-40(41)43(4)42(44)36-26-38-35-21-10-8-19-33(35)31-17-6-5-16-30(31)32-18-7-9-20-34(32)37(38)25-28(36)3/h3-35H,1-2H3;7-29H,1-6H3;5-27H,1-4H3/q3*+1. The summed E-state index contributed by atoms with van der Waals surface area (Å²) in [6, 6.07) is 165. The average molecular weight is 1880 g/mol. The first-order valence-corrected chi connectivity index (χ1v) is 51.5. The molecule has 3 heterocycles. The average Bonchev–Trinajstić information content (AvgIpc) is 1.57. The number of hydrogen-bond donors (Lipinski definition) is 0. The van der Waals surface area contributed by atoms with E-state index in [0.29, 0.717) is 17.8 Å². The predicted molar refractivity (Wildman–Crippen MR) is 611 cm³/mol. The highest BCUT2D eigenvalue weighted by molar-refractivity contribution is 6.09. The van der Waals surface area contributed by atoms with Crippen molar-refractivity contribution < 1.29 is 13.7 Å². The molecule has 20 aromatic carbocycles. The Labute approximate surface area is 857 Å². The van der Waals surface area contributed by atoms with E-state index in [4.69, 9.17) is 0 Å². The molecule has 6 heteroatoms. The lowest BCUT2D eigenvalue weighted by atomic mass is 9.79. The number of imidazole rings is 3. The molecule has 26 rings (SSSR count). The Hall–Kier alpha value is -17.5. The number of fused-ring (bicyclic) bond motifs is 26. The molecular formula is C140H115N6+3. The zero-order valence-electron chi connectivity index (χ0n) is 84.8. The van der Waals surface area contributed by atoms with Gasteiger partial charge in [-0.15, -0.1) is 0 Å². The molecule has 0 bridgehead atoms. The van der Waals surface area contributed by atoms with Crippen molar-refractivity contribution in [2.24, 2.45) is 21.1 Å². The van der Waals surface area contributed by atoms with Crippen LogP contribution in [0.1, 0.15) is 92.7 Å². The Bertz CT molecular complexity index is 9000. The summed E-state index contributed by atoms with van der Waals surface area (Å²) >= 11 is 0. The van der Waals surface area contributed by atoms with Crippen molar-refractivity contribution >= 4 is 22.1 Å². The Morgan fingerprint density at radius 3 is 0.774 bits per heavy atom. The second-order valence-corrected chi connectivity index (χ2v) is 40.4. The van der Waals surface area contributed by atoms with Crippen molar-refractivity contribution in [3.05, 3.63) is 495 Å². The fourth-order valence-corrected chi connectivity index (χ4v) is 23.8. The number of rotatable bonds is 12. The van der Waals surface area contributed by atoms with Gasteiger partial charge in [0.1, 0.15) is 29.5 Å². The van der Waals surface area contributed by atoms with Crippen molar-refractivity contribution in [3.63, 3.8) is 0 Å². The number of benzene rings is 20. The summed E-state index contributed by atoms with van der Waals surface area (Å²) in [6.45, 7) is 20.7. The van der Waals surface area contributed by atoms with Crippen LogP contribution in [0.25, 0.3) is 240 Å². The third kappa shape index (κ3) is 15.6. The minimum atomic E-state index is 0.378. The molecule has 0 atom stereocenters. The van der Waals surface area contributed by atoms with Gasteiger partial charge < -0.3 is 0 Å². The zero-order chi connectivity index (χ0) is 99.2. The largest absolute Gasteiger partial charge is 0.295 e. The summed E-state index contributed by atoms with van der Waals surface area (Å²) in [5.74, 6) is 4.66. The van der Waals surface area contributed by atoms with E-state index >= 15 is 0 Å². The maximum Gasteiger partial charge on any atom is 0.295 e. The number of aromatic nitrogens is 6. The SMILES string of the molecule is Cc1cc2c(cc1-c1n(-c3c(-c4ccccc4)cc(-c4ccccc4)cc3-c3ccccc3)cc[n+]1C)-c1ccccc1-c1ccccc1-c1ccccc1-2.Cc1cc2c(cc1-c1n(-c3c(C(C)C)cccc3C(C)C)c3ccccc3[n+]1C)-c1ccccc1-c1ccccc1-c1ccccc1-2.Cc1cc2c(cc1-c1n(-c3ccccc3C(C)C)c3ccccc3[n+]1C)-c1ccccc1-c1ccccc1-c1ccccc1-2. The van der Waals surface area contributed by atoms with E-state index in [1.165, 1.54) is 262 Å². The van der Waals surface area contributed by atoms with Gasteiger partial charge >= 0.3 is 0 Å². The number of aryl methyl sites for hydroxylation is 6. The van der Waals surface area contributed by atoms with E-state index in [9.17, 15) is 0 Å². The first-order chi connectivity index (χ1) is 71.5. The van der Waals surface area contributed by atoms with E-state index in [0.717, 1.165) is 11.5 Å². The highest BCUT2D eigenvalue weighted by Crippen LogP contribution is 2.56. The summed E-state index contributed by atoms with van der Waals surface area (Å²) in [6.07, 6.45) is 4.43. The number of para-hydroxylation sites is 6. The van der Waals surface area contributed by atoms with Crippen LogP contribution in [0.15, 0.2) is 461 Å². The maximum atomic E-state index is 2.56. The second kappa shape index (κ2) is 37.8. The van der Waals surface area contributed by atoms with Gasteiger partial charge in [0.2, 0.25) is 0 Å². The molecule has 0 fully saturated rings. The lowest BCUT2D eigenvalue weighted by Crippen LogP contribution is -2.30. The Kier molecular flexibility index (Phi) is 23.6. The van der Waals surface area contributed by atoms with Crippen LogP contribution < -0.4 is 13.7 Å². The fourth-order valence-electron chi connectivity index (χ4n) is 23.8. The summed E-state index contributed by atoms with van der Waals surface area (Å²) in [7, 11) is 6.61. The molecule has 0 N–H and O–H groups in total. The van der Waals surface area contributed by atoms with E-state index in [1.807, 2.05) is 0 Å². The van der Waals surface area contributed by atoms with E-state index in [1.54, 1.807) is 0 Å². The van der Waals surface area contributed by atoms with Crippen LogP contribution in [0.4, 0.5) is 0 Å². The monoisotopic (exact) mass is 1880 g/mol. The Morgan fingerprint density at radius 2 is 0.445 bits per heavy atom. The quantitative estimate of drug-likeness (QED) is 0.109. The van der Waals surface area contributed by atoms with Gasteiger partial charge in [-0.3, -0.25) is 0 Å². The Morgan fingerprint density at radius 1 is 0.192 bits per heavy atom. The molecule has 0 aliphatic heterocycles. The van der Waals surface area contributed by atoms with Crippen molar-refractivity contribution in [2.45, 2.75) is 80.1 Å². The molecule has 0 unspecified atom stereocenters. The minimum absolute atomic E-state index is 0.378. The Balaban J connectivity index is 0.000000118. The van der Waals surface area contributed by atoms with Crippen molar-refractivity contribution in [2.75, 3.05) is 0 Å². The molecule has 146 heavy (non-hydrogen) atoms. The predicted octanol–water partition coefficient (Wildman–Crippen LogP) is 35.5. The van der Waals surface area contributed by atoms with Crippen LogP contribution in [-0.4, -0.2) is 13.7 Å². The smallest absolute Gasteiger partial charge is 0.232 e. The molecule has 0 saturated heterocycles. The van der Waals surface area contributed by atoms with Gasteiger partial charge in [-0.25, -0.2) is 13.7 Å². The number of hydrogen-bond acceptors (Lipinski definition) is 0. The first kappa shape index (κ1) is 91.1. The van der Waals surface area contributed by atoms with Crippen molar-refractivity contribution in [1.82, 2.24) is 13.7 Å². The van der Waals surface area contributed by atoms with Crippen molar-refractivity contribution in [1.29, 1.82) is 0 Å². The van der Waals surface area contributed by atoms with E-state index in [2.05, 4.69) is 572 Å². The second-order valence-electron chi connectivity index (χ2n) is 40.4. The van der Waals surface area contributed by atoms with Crippen LogP contribution >= 0.6 is 0 Å². The summed E-state index contributed by atoms with van der Waals surface area (Å²) in [4.78, 5) is 0. The third-order valence-electron chi connectivity index (χ3n) is 30.7. The molecule has 3 aliphatic carbocycles. The minimum Gasteiger partial charge on any atom is -0.232 e. The lowest BCUT2D eigenvalue weighted by molar-refractivity contribution is -0.659. The van der Waals surface area contributed by atoms with Crippen LogP contribution in [0.5, 0.6) is 0 Å². The van der Waals surface area contributed by atoms with Gasteiger partial charge in [-0.05, 0) is 290 Å². The van der Waals surface area contributed by atoms with Crippen LogP contribution in [0, 0.1) is 20.8 Å². The van der Waals surface area contributed by atoms with Crippen LogP contribution in [0.2, 0.25) is 0 Å². The molecule has 0 spiro atoms. The lowest BCUT2D eigenvalue weighted by Gasteiger charge is -2.24. The van der Waals surface area contributed by atoms with E-state index in [-0.39, 0.29) is 0 Å². The van der Waals surface area contributed by atoms with Crippen LogP contribution in [0.3, 0.4) is 0 Å². The number of nitrogens with zero attached hydrogens (tertiary/aromatic N) is 6. The summed E-state index contributed by atoms with van der Waals surface area (Å²) < 4.78 is 14.5. The molecule has 0 amide bonds. The summed E-state index contributed by atoms with van der Waals surface area (Å²) in [5, 5.41) is 0. The topological polar surface area (TPSA) is 26.4 Å². The maximum absolute atomic E-state index is 2.56. The van der Waals surface area contributed by atoms with Gasteiger partial charge in [0.25, 0.3) is 17.5 Å². The normalized spacial score (nSPS) is 11.7. The van der Waals surface area contributed by atoms with E-state index < -0.39 is 0 Å². The zero-order valence-corrected chi connectivity index (χ0v) is 84.8. The molecule has 0 saturated carbocycles. The molecular weight excluding hydrogens is 1770 g/mol. The van der Waals surface area contributed by atoms with Gasteiger partial charge in [0.05, 0.1) is 37.8 Å². The molecule has 3 aromatic heterocycles. The third-order valence-corrected chi connectivity index (χ3v) is 30.7.